The van der Waals surface area contributed by atoms with E-state index in [9.17, 15) is 9.59 Å². The largest absolute Gasteiger partial charge is 0.384 e. The van der Waals surface area contributed by atoms with E-state index in [1.807, 2.05) is 6.92 Å². The van der Waals surface area contributed by atoms with Crippen LogP contribution in [0.1, 0.15) is 25.6 Å². The SMILES string of the molecule is CCN1C(=O)NC(=O)C12CCN(c1cc(N)nc(C)n1)CC2. The van der Waals surface area contributed by atoms with Crippen molar-refractivity contribution in [1.29, 1.82) is 0 Å². The maximum Gasteiger partial charge on any atom is 0.325 e. The summed E-state index contributed by atoms with van der Waals surface area (Å²) in [5.41, 5.74) is 5.06. The second-order valence-electron chi connectivity index (χ2n) is 5.72. The molecule has 3 heterocycles. The number of carbonyl (C=O) groups excluding carboxylic acids is 2. The van der Waals surface area contributed by atoms with E-state index in [0.717, 1.165) is 5.82 Å². The van der Waals surface area contributed by atoms with E-state index in [-0.39, 0.29) is 11.9 Å². The maximum absolute atomic E-state index is 12.2. The molecule has 8 nitrogen and oxygen atoms in total. The Kier molecular flexibility index (Phi) is 3.38. The average molecular weight is 304 g/mol. The van der Waals surface area contributed by atoms with E-state index in [1.54, 1.807) is 17.9 Å². The number of nitrogens with one attached hydrogen (secondary N) is 1. The fraction of sp³-hybridized carbons (Fsp3) is 0.571. The average Bonchev–Trinajstić information content (AvgIpc) is 2.69. The number of imide groups is 1. The summed E-state index contributed by atoms with van der Waals surface area (Å²) < 4.78 is 0. The maximum atomic E-state index is 12.2. The lowest BCUT2D eigenvalue weighted by Gasteiger charge is -2.42. The molecule has 1 aromatic rings. The van der Waals surface area contributed by atoms with E-state index in [2.05, 4.69) is 20.2 Å². The molecule has 3 rings (SSSR count). The third-order valence-electron chi connectivity index (χ3n) is 4.48. The summed E-state index contributed by atoms with van der Waals surface area (Å²) in [5, 5.41) is 2.44. The molecule has 0 aromatic carbocycles. The minimum Gasteiger partial charge on any atom is -0.384 e. The number of nitrogen functional groups attached to an aromatic ring is 1. The molecule has 0 radical (unpaired) electrons. The van der Waals surface area contributed by atoms with Gasteiger partial charge in [-0.1, -0.05) is 0 Å². The summed E-state index contributed by atoms with van der Waals surface area (Å²) in [6.45, 7) is 5.51. The lowest BCUT2D eigenvalue weighted by Crippen LogP contribution is -2.56. The Bertz CT molecular complexity index is 604. The summed E-state index contributed by atoms with van der Waals surface area (Å²) in [6, 6.07) is 1.45. The Morgan fingerprint density at radius 3 is 2.59 bits per heavy atom. The monoisotopic (exact) mass is 304 g/mol. The molecule has 1 aromatic heterocycles. The van der Waals surface area contributed by atoms with Gasteiger partial charge in [-0.2, -0.15) is 0 Å². The van der Waals surface area contributed by atoms with Gasteiger partial charge in [0.15, 0.2) is 0 Å². The van der Waals surface area contributed by atoms with Crippen LogP contribution in [0.5, 0.6) is 0 Å². The number of anilines is 2. The summed E-state index contributed by atoms with van der Waals surface area (Å²) >= 11 is 0. The van der Waals surface area contributed by atoms with Gasteiger partial charge >= 0.3 is 6.03 Å². The highest BCUT2D eigenvalue weighted by Crippen LogP contribution is 2.34. The first-order valence-electron chi connectivity index (χ1n) is 7.45. The fourth-order valence-corrected chi connectivity index (χ4v) is 3.38. The molecule has 0 unspecified atom stereocenters. The number of rotatable bonds is 2. The number of urea groups is 1. The number of piperidine rings is 1. The van der Waals surface area contributed by atoms with Gasteiger partial charge in [0.1, 0.15) is 23.0 Å². The summed E-state index contributed by atoms with van der Waals surface area (Å²) in [7, 11) is 0. The number of likely N-dealkylation sites (N-methyl/N-ethyl adjacent to an activating group) is 1. The molecule has 2 saturated heterocycles. The van der Waals surface area contributed by atoms with Crippen LogP contribution in [0.3, 0.4) is 0 Å². The van der Waals surface area contributed by atoms with Gasteiger partial charge in [0.05, 0.1) is 0 Å². The van der Waals surface area contributed by atoms with Crippen LogP contribution in [0.2, 0.25) is 0 Å². The number of hydrogen-bond donors (Lipinski definition) is 2. The number of carbonyl (C=O) groups is 2. The smallest absolute Gasteiger partial charge is 0.325 e. The van der Waals surface area contributed by atoms with Crippen molar-refractivity contribution in [3.63, 3.8) is 0 Å². The van der Waals surface area contributed by atoms with E-state index in [4.69, 9.17) is 5.73 Å². The number of aromatic nitrogens is 2. The van der Waals surface area contributed by atoms with Gasteiger partial charge in [-0.15, -0.1) is 0 Å². The standard InChI is InChI=1S/C14H20N6O2/c1-3-20-13(22)18-12(21)14(20)4-6-19(7-5-14)11-8-10(15)16-9(2)17-11/h8H,3-7H2,1-2H3,(H2,15,16,17)(H,18,21,22). The highest BCUT2D eigenvalue weighted by atomic mass is 16.2. The van der Waals surface area contributed by atoms with Crippen molar-refractivity contribution in [1.82, 2.24) is 20.2 Å². The highest BCUT2D eigenvalue weighted by Gasteiger charge is 2.53. The highest BCUT2D eigenvalue weighted by molar-refractivity contribution is 6.07. The molecule has 2 aliphatic heterocycles. The van der Waals surface area contributed by atoms with Crippen molar-refractivity contribution < 1.29 is 9.59 Å². The first-order valence-corrected chi connectivity index (χ1v) is 7.45. The van der Waals surface area contributed by atoms with Gasteiger partial charge < -0.3 is 15.5 Å². The van der Waals surface area contributed by atoms with Crippen LogP contribution in [0.15, 0.2) is 6.07 Å². The predicted octanol–water partition coefficient (Wildman–Crippen LogP) is 0.278. The molecule has 1 spiro atoms. The molecular formula is C14H20N6O2. The lowest BCUT2D eigenvalue weighted by molar-refractivity contribution is -0.127. The second kappa shape index (κ2) is 5.11. The predicted molar refractivity (Wildman–Crippen MR) is 81.3 cm³/mol. The van der Waals surface area contributed by atoms with E-state index in [0.29, 0.717) is 44.1 Å². The van der Waals surface area contributed by atoms with Gasteiger partial charge in [0.25, 0.3) is 5.91 Å². The van der Waals surface area contributed by atoms with Crippen LogP contribution in [0.4, 0.5) is 16.4 Å². The summed E-state index contributed by atoms with van der Waals surface area (Å²) in [4.78, 5) is 36.3. The molecular weight excluding hydrogens is 284 g/mol. The number of amides is 3. The zero-order chi connectivity index (χ0) is 15.9. The molecule has 22 heavy (non-hydrogen) atoms. The molecule has 3 N–H and O–H groups in total. The zero-order valence-corrected chi connectivity index (χ0v) is 12.8. The Labute approximate surface area is 128 Å². The van der Waals surface area contributed by atoms with Crippen LogP contribution in [0, 0.1) is 6.92 Å². The third kappa shape index (κ3) is 2.15. The molecule has 0 aliphatic carbocycles. The molecule has 3 amide bonds. The Balaban J connectivity index is 1.80. The summed E-state index contributed by atoms with van der Waals surface area (Å²) in [5.74, 6) is 1.65. The molecule has 118 valence electrons. The number of aryl methyl sites for hydroxylation is 1. The van der Waals surface area contributed by atoms with Crippen LogP contribution in [-0.4, -0.2) is 52.0 Å². The van der Waals surface area contributed by atoms with Gasteiger partial charge in [-0.25, -0.2) is 14.8 Å². The van der Waals surface area contributed by atoms with Gasteiger partial charge in [0, 0.05) is 25.7 Å². The van der Waals surface area contributed by atoms with Crippen LogP contribution in [0.25, 0.3) is 0 Å². The topological polar surface area (TPSA) is 104 Å². The Morgan fingerprint density at radius 2 is 2.00 bits per heavy atom. The molecule has 2 aliphatic rings. The lowest BCUT2D eigenvalue weighted by atomic mass is 9.86. The Morgan fingerprint density at radius 1 is 1.32 bits per heavy atom. The van der Waals surface area contributed by atoms with E-state index < -0.39 is 5.54 Å². The summed E-state index contributed by atoms with van der Waals surface area (Å²) in [6.07, 6.45) is 1.17. The molecule has 0 saturated carbocycles. The second-order valence-corrected chi connectivity index (χ2v) is 5.72. The normalized spacial score (nSPS) is 20.6. The molecule has 8 heteroatoms. The minimum atomic E-state index is -0.712. The van der Waals surface area contributed by atoms with Gasteiger partial charge in [0.2, 0.25) is 0 Å². The Hall–Kier alpha value is -2.38. The fourth-order valence-electron chi connectivity index (χ4n) is 3.38. The van der Waals surface area contributed by atoms with Crippen molar-refractivity contribution in [3.8, 4) is 0 Å². The van der Waals surface area contributed by atoms with Crippen molar-refractivity contribution in [2.24, 2.45) is 0 Å². The van der Waals surface area contributed by atoms with Crippen molar-refractivity contribution >= 4 is 23.6 Å². The van der Waals surface area contributed by atoms with E-state index >= 15 is 0 Å². The molecule has 0 bridgehead atoms. The first-order chi connectivity index (χ1) is 10.5. The number of nitrogens with zero attached hydrogens (tertiary/aromatic N) is 4. The zero-order valence-electron chi connectivity index (χ0n) is 12.8. The van der Waals surface area contributed by atoms with Crippen molar-refractivity contribution in [3.05, 3.63) is 11.9 Å². The van der Waals surface area contributed by atoms with Crippen LogP contribution in [-0.2, 0) is 4.79 Å². The third-order valence-corrected chi connectivity index (χ3v) is 4.48. The van der Waals surface area contributed by atoms with Crippen LogP contribution < -0.4 is 16.0 Å². The van der Waals surface area contributed by atoms with E-state index in [1.165, 1.54) is 0 Å². The molecule has 0 atom stereocenters. The van der Waals surface area contributed by atoms with Crippen molar-refractivity contribution in [2.75, 3.05) is 30.3 Å². The van der Waals surface area contributed by atoms with Gasteiger partial charge in [-0.05, 0) is 26.7 Å². The number of hydrogen-bond acceptors (Lipinski definition) is 6. The minimum absolute atomic E-state index is 0.183. The molecule has 2 fully saturated rings. The number of nitrogens with two attached hydrogens (primary N) is 1. The quantitative estimate of drug-likeness (QED) is 0.760. The van der Waals surface area contributed by atoms with Crippen LogP contribution >= 0.6 is 0 Å². The first kappa shape index (κ1) is 14.6. The van der Waals surface area contributed by atoms with Gasteiger partial charge in [-0.3, -0.25) is 10.1 Å². The van der Waals surface area contributed by atoms with Crippen molar-refractivity contribution in [2.45, 2.75) is 32.2 Å².